The summed E-state index contributed by atoms with van der Waals surface area (Å²) in [5.41, 5.74) is 0.956. The van der Waals surface area contributed by atoms with Gasteiger partial charge in [-0.15, -0.1) is 0 Å². The van der Waals surface area contributed by atoms with Crippen molar-refractivity contribution in [3.05, 3.63) is 29.6 Å². The molecule has 0 radical (unpaired) electrons. The van der Waals surface area contributed by atoms with Gasteiger partial charge in [-0.1, -0.05) is 26.3 Å². The second kappa shape index (κ2) is 6.19. The van der Waals surface area contributed by atoms with Crippen LogP contribution in [-0.4, -0.2) is 12.6 Å². The molecule has 0 saturated heterocycles. The Kier molecular flexibility index (Phi) is 4.59. The molecule has 0 aromatic heterocycles. The molecule has 1 fully saturated rings. The zero-order valence-corrected chi connectivity index (χ0v) is 11.2. The zero-order chi connectivity index (χ0) is 13.0. The molecule has 0 atom stereocenters. The fourth-order valence-corrected chi connectivity index (χ4v) is 1.96. The molecule has 2 rings (SSSR count). The van der Waals surface area contributed by atoms with E-state index in [1.165, 1.54) is 19.3 Å². The van der Waals surface area contributed by atoms with Crippen LogP contribution < -0.4 is 10.1 Å². The van der Waals surface area contributed by atoms with Gasteiger partial charge < -0.3 is 10.1 Å². The van der Waals surface area contributed by atoms with E-state index in [9.17, 15) is 4.39 Å². The number of hydrogen-bond acceptors (Lipinski definition) is 2. The molecule has 0 spiro atoms. The molecular formula is C15H22FNO. The van der Waals surface area contributed by atoms with Crippen LogP contribution in [0.5, 0.6) is 5.75 Å². The third-order valence-corrected chi connectivity index (χ3v) is 3.41. The van der Waals surface area contributed by atoms with Crippen molar-refractivity contribution in [3.8, 4) is 5.75 Å². The summed E-state index contributed by atoms with van der Waals surface area (Å²) in [7, 11) is 0. The molecule has 3 heteroatoms. The smallest absolute Gasteiger partial charge is 0.165 e. The second-order valence-electron chi connectivity index (χ2n) is 5.41. The first-order valence-corrected chi connectivity index (χ1v) is 6.80. The number of halogens is 1. The lowest BCUT2D eigenvalue weighted by Crippen LogP contribution is -2.22. The molecule has 0 bridgehead atoms. The summed E-state index contributed by atoms with van der Waals surface area (Å²) in [4.78, 5) is 0. The number of rotatable bonds is 6. The quantitative estimate of drug-likeness (QED) is 0.835. The van der Waals surface area contributed by atoms with Crippen molar-refractivity contribution in [1.82, 2.24) is 5.32 Å². The standard InChI is InChI=1S/C15H22FNO/c1-11(2)17-9-13-6-7-15(14(16)8-13)18-10-12-4-3-5-12/h6-8,11-12,17H,3-5,9-10H2,1-2H3. The lowest BCUT2D eigenvalue weighted by Gasteiger charge is -2.25. The van der Waals surface area contributed by atoms with Crippen LogP contribution >= 0.6 is 0 Å². The molecular weight excluding hydrogens is 229 g/mol. The van der Waals surface area contributed by atoms with Gasteiger partial charge in [0, 0.05) is 12.6 Å². The Balaban J connectivity index is 1.87. The highest BCUT2D eigenvalue weighted by atomic mass is 19.1. The van der Waals surface area contributed by atoms with Crippen LogP contribution in [0.15, 0.2) is 18.2 Å². The Bertz CT molecular complexity index is 388. The molecule has 1 aromatic carbocycles. The fraction of sp³-hybridized carbons (Fsp3) is 0.600. The maximum Gasteiger partial charge on any atom is 0.165 e. The van der Waals surface area contributed by atoms with Gasteiger partial charge in [0.1, 0.15) is 0 Å². The van der Waals surface area contributed by atoms with Crippen LogP contribution in [0.25, 0.3) is 0 Å². The summed E-state index contributed by atoms with van der Waals surface area (Å²) in [5, 5.41) is 3.27. The average molecular weight is 251 g/mol. The predicted octanol–water partition coefficient (Wildman–Crippen LogP) is 3.50. The third kappa shape index (κ3) is 3.70. The monoisotopic (exact) mass is 251 g/mol. The Morgan fingerprint density at radius 2 is 2.17 bits per heavy atom. The van der Waals surface area contributed by atoms with Gasteiger partial charge in [-0.2, -0.15) is 0 Å². The van der Waals surface area contributed by atoms with Gasteiger partial charge >= 0.3 is 0 Å². The highest BCUT2D eigenvalue weighted by molar-refractivity contribution is 5.29. The molecule has 0 amide bonds. The minimum Gasteiger partial charge on any atom is -0.490 e. The van der Waals surface area contributed by atoms with Gasteiger partial charge in [0.05, 0.1) is 6.61 Å². The molecule has 1 aliphatic carbocycles. The van der Waals surface area contributed by atoms with E-state index in [1.807, 2.05) is 6.07 Å². The van der Waals surface area contributed by atoms with E-state index in [-0.39, 0.29) is 5.82 Å². The highest BCUT2D eigenvalue weighted by Gasteiger charge is 2.18. The number of ether oxygens (including phenoxy) is 1. The summed E-state index contributed by atoms with van der Waals surface area (Å²) in [6.07, 6.45) is 3.73. The molecule has 1 saturated carbocycles. The summed E-state index contributed by atoms with van der Waals surface area (Å²) in [6, 6.07) is 5.63. The normalized spacial score (nSPS) is 15.8. The first kappa shape index (κ1) is 13.3. The average Bonchev–Trinajstić information content (AvgIpc) is 2.26. The summed E-state index contributed by atoms with van der Waals surface area (Å²) >= 11 is 0. The lowest BCUT2D eigenvalue weighted by molar-refractivity contribution is 0.175. The number of benzene rings is 1. The molecule has 0 heterocycles. The zero-order valence-electron chi connectivity index (χ0n) is 11.2. The van der Waals surface area contributed by atoms with Crippen molar-refractivity contribution in [2.75, 3.05) is 6.61 Å². The fourth-order valence-electron chi connectivity index (χ4n) is 1.96. The first-order valence-electron chi connectivity index (χ1n) is 6.80. The maximum atomic E-state index is 13.8. The Hall–Kier alpha value is -1.09. The molecule has 0 aliphatic heterocycles. The van der Waals surface area contributed by atoms with Crippen LogP contribution in [0, 0.1) is 11.7 Å². The largest absolute Gasteiger partial charge is 0.490 e. The molecule has 1 aromatic rings. The van der Waals surface area contributed by atoms with E-state index >= 15 is 0 Å². The van der Waals surface area contributed by atoms with Gasteiger partial charge in [0.2, 0.25) is 0 Å². The first-order chi connectivity index (χ1) is 8.65. The van der Waals surface area contributed by atoms with E-state index in [4.69, 9.17) is 4.74 Å². The molecule has 1 aliphatic rings. The summed E-state index contributed by atoms with van der Waals surface area (Å²) < 4.78 is 19.3. The van der Waals surface area contributed by atoms with Gasteiger partial charge in [-0.05, 0) is 36.5 Å². The SMILES string of the molecule is CC(C)NCc1ccc(OCC2CCC2)c(F)c1. The predicted molar refractivity (Wildman–Crippen MR) is 71.2 cm³/mol. The van der Waals surface area contributed by atoms with Crippen LogP contribution in [-0.2, 0) is 6.54 Å². The van der Waals surface area contributed by atoms with Crippen molar-refractivity contribution in [3.63, 3.8) is 0 Å². The van der Waals surface area contributed by atoms with Crippen LogP contribution in [0.1, 0.15) is 38.7 Å². The van der Waals surface area contributed by atoms with Crippen LogP contribution in [0.4, 0.5) is 4.39 Å². The molecule has 1 N–H and O–H groups in total. The summed E-state index contributed by atoms with van der Waals surface area (Å²) in [5.74, 6) is 0.763. The van der Waals surface area contributed by atoms with E-state index in [1.54, 1.807) is 12.1 Å². The van der Waals surface area contributed by atoms with Crippen molar-refractivity contribution in [2.24, 2.45) is 5.92 Å². The van der Waals surface area contributed by atoms with Crippen LogP contribution in [0.3, 0.4) is 0 Å². The van der Waals surface area contributed by atoms with Crippen LogP contribution in [0.2, 0.25) is 0 Å². The Morgan fingerprint density at radius 1 is 1.39 bits per heavy atom. The van der Waals surface area contributed by atoms with Gasteiger partial charge in [-0.3, -0.25) is 0 Å². The third-order valence-electron chi connectivity index (χ3n) is 3.41. The number of nitrogens with one attached hydrogen (secondary N) is 1. The Labute approximate surface area is 109 Å². The van der Waals surface area contributed by atoms with E-state index in [2.05, 4.69) is 19.2 Å². The van der Waals surface area contributed by atoms with Crippen molar-refractivity contribution < 1.29 is 9.13 Å². The Morgan fingerprint density at radius 3 is 2.72 bits per heavy atom. The van der Waals surface area contributed by atoms with Crippen molar-refractivity contribution >= 4 is 0 Å². The molecule has 2 nitrogen and oxygen atoms in total. The van der Waals surface area contributed by atoms with Gasteiger partial charge in [-0.25, -0.2) is 4.39 Å². The topological polar surface area (TPSA) is 21.3 Å². The highest BCUT2D eigenvalue weighted by Crippen LogP contribution is 2.28. The van der Waals surface area contributed by atoms with Crippen molar-refractivity contribution in [1.29, 1.82) is 0 Å². The second-order valence-corrected chi connectivity index (χ2v) is 5.41. The van der Waals surface area contributed by atoms with Gasteiger partial charge in [0.25, 0.3) is 0 Å². The summed E-state index contributed by atoms with van der Waals surface area (Å²) in [6.45, 7) is 5.50. The van der Waals surface area contributed by atoms with Gasteiger partial charge in [0.15, 0.2) is 11.6 Å². The minimum absolute atomic E-state index is 0.252. The minimum atomic E-state index is -0.252. The van der Waals surface area contributed by atoms with E-state index in [0.717, 1.165) is 5.56 Å². The maximum absolute atomic E-state index is 13.8. The van der Waals surface area contributed by atoms with Crippen molar-refractivity contribution in [2.45, 2.75) is 45.7 Å². The molecule has 0 unspecified atom stereocenters. The van der Waals surface area contributed by atoms with E-state index in [0.29, 0.717) is 30.9 Å². The number of hydrogen-bond donors (Lipinski definition) is 1. The molecule has 18 heavy (non-hydrogen) atoms. The molecule has 100 valence electrons. The van der Waals surface area contributed by atoms with E-state index < -0.39 is 0 Å². The lowest BCUT2D eigenvalue weighted by atomic mass is 9.86.